The molecule has 0 aliphatic carbocycles. The van der Waals surface area contributed by atoms with Crippen molar-refractivity contribution in [3.8, 4) is 17.1 Å². The zero-order valence-electron chi connectivity index (χ0n) is 20.9. The first kappa shape index (κ1) is 27.0. The van der Waals surface area contributed by atoms with Crippen LogP contribution in [0.4, 0.5) is 0 Å². The van der Waals surface area contributed by atoms with E-state index in [1.54, 1.807) is 19.1 Å². The van der Waals surface area contributed by atoms with Gasteiger partial charge in [-0.05, 0) is 56.0 Å². The molecule has 0 saturated heterocycles. The molecular weight excluding hydrogens is 412 g/mol. The first-order valence-corrected chi connectivity index (χ1v) is 12.9. The fourth-order valence-electron chi connectivity index (χ4n) is 3.65. The molecule has 0 aliphatic heterocycles. The molecule has 1 atom stereocenters. The van der Waals surface area contributed by atoms with Crippen LogP contribution in [0.25, 0.3) is 11.4 Å². The Kier molecular flexibility index (Phi) is 13.4. The molecule has 1 aromatic carbocycles. The Morgan fingerprint density at radius 1 is 0.818 bits per heavy atom. The molecule has 2 aromatic rings. The van der Waals surface area contributed by atoms with Gasteiger partial charge in [-0.15, -0.1) is 0 Å². The summed E-state index contributed by atoms with van der Waals surface area (Å²) in [5.74, 6) is 0.813. The molecule has 0 radical (unpaired) electrons. The summed E-state index contributed by atoms with van der Waals surface area (Å²) in [6, 6.07) is 7.31. The van der Waals surface area contributed by atoms with Gasteiger partial charge in [0.2, 0.25) is 0 Å². The second-order valence-corrected chi connectivity index (χ2v) is 8.81. The summed E-state index contributed by atoms with van der Waals surface area (Å²) in [7, 11) is 0. The van der Waals surface area contributed by atoms with Crippen molar-refractivity contribution in [3.63, 3.8) is 0 Å². The van der Waals surface area contributed by atoms with E-state index in [9.17, 15) is 4.79 Å². The van der Waals surface area contributed by atoms with Crippen molar-refractivity contribution < 1.29 is 14.3 Å². The van der Waals surface area contributed by atoms with Crippen LogP contribution in [-0.4, -0.2) is 28.6 Å². The number of aryl methyl sites for hydroxylation is 1. The minimum atomic E-state index is -0.571. The Bertz CT molecular complexity index is 775. The molecule has 1 unspecified atom stereocenters. The van der Waals surface area contributed by atoms with Crippen LogP contribution in [0, 0.1) is 0 Å². The zero-order valence-corrected chi connectivity index (χ0v) is 20.9. The number of esters is 1. The Balaban J connectivity index is 1.73. The summed E-state index contributed by atoms with van der Waals surface area (Å²) < 4.78 is 11.1. The van der Waals surface area contributed by atoms with Crippen LogP contribution in [0.1, 0.15) is 97.0 Å². The lowest BCUT2D eigenvalue weighted by Crippen LogP contribution is -2.26. The van der Waals surface area contributed by atoms with E-state index in [1.165, 1.54) is 63.4 Å². The largest absolute Gasteiger partial charge is 0.425 e. The monoisotopic (exact) mass is 454 g/mol. The summed E-state index contributed by atoms with van der Waals surface area (Å²) >= 11 is 0. The van der Waals surface area contributed by atoms with E-state index in [1.807, 2.05) is 24.5 Å². The van der Waals surface area contributed by atoms with Gasteiger partial charge in [-0.25, -0.2) is 14.8 Å². The highest BCUT2D eigenvalue weighted by atomic mass is 16.6. The van der Waals surface area contributed by atoms with Crippen LogP contribution in [0.15, 0.2) is 36.7 Å². The lowest BCUT2D eigenvalue weighted by atomic mass is 10.1. The second kappa shape index (κ2) is 16.4. The predicted octanol–water partition coefficient (Wildman–Crippen LogP) is 7.33. The van der Waals surface area contributed by atoms with Gasteiger partial charge in [0.25, 0.3) is 0 Å². The maximum Gasteiger partial charge on any atom is 0.340 e. The van der Waals surface area contributed by atoms with Gasteiger partial charge in [-0.3, -0.25) is 0 Å². The first-order chi connectivity index (χ1) is 16.1. The fourth-order valence-corrected chi connectivity index (χ4v) is 3.65. The summed E-state index contributed by atoms with van der Waals surface area (Å²) in [4.78, 5) is 21.3. The number of hydrogen-bond acceptors (Lipinski definition) is 5. The molecule has 0 spiro atoms. The van der Waals surface area contributed by atoms with Gasteiger partial charge in [0, 0.05) is 24.6 Å². The van der Waals surface area contributed by atoms with E-state index >= 15 is 0 Å². The van der Waals surface area contributed by atoms with Gasteiger partial charge in [0.15, 0.2) is 11.9 Å². The highest BCUT2D eigenvalue weighted by molar-refractivity contribution is 5.77. The number of unbranched alkanes of at least 4 members (excludes halogenated alkanes) is 9. The molecular formula is C28H42N2O3. The summed E-state index contributed by atoms with van der Waals surface area (Å²) in [6.45, 7) is 6.77. The maximum absolute atomic E-state index is 12.3. The van der Waals surface area contributed by atoms with E-state index in [0.717, 1.165) is 24.8 Å². The average molecular weight is 455 g/mol. The lowest BCUT2D eigenvalue weighted by molar-refractivity contribution is -0.146. The number of benzene rings is 1. The summed E-state index contributed by atoms with van der Waals surface area (Å²) in [5.41, 5.74) is 2.08. The van der Waals surface area contributed by atoms with Crippen LogP contribution in [0.3, 0.4) is 0 Å². The normalized spacial score (nSPS) is 12.0. The van der Waals surface area contributed by atoms with E-state index in [0.29, 0.717) is 18.2 Å². The minimum absolute atomic E-state index is 0.369. The maximum atomic E-state index is 12.3. The Morgan fingerprint density at radius 2 is 1.39 bits per heavy atom. The fraction of sp³-hybridized carbons (Fsp3) is 0.607. The van der Waals surface area contributed by atoms with Crippen LogP contribution >= 0.6 is 0 Å². The third-order valence-corrected chi connectivity index (χ3v) is 5.80. The number of hydrogen-bond donors (Lipinski definition) is 0. The van der Waals surface area contributed by atoms with Crippen molar-refractivity contribution in [1.82, 2.24) is 9.97 Å². The van der Waals surface area contributed by atoms with Gasteiger partial charge >= 0.3 is 5.97 Å². The third kappa shape index (κ3) is 10.9. The van der Waals surface area contributed by atoms with Crippen LogP contribution in [-0.2, 0) is 16.0 Å². The lowest BCUT2D eigenvalue weighted by Gasteiger charge is -2.12. The molecule has 1 heterocycles. The third-order valence-electron chi connectivity index (χ3n) is 5.80. The molecule has 0 bridgehead atoms. The number of ether oxygens (including phenoxy) is 2. The van der Waals surface area contributed by atoms with Gasteiger partial charge in [0.05, 0.1) is 0 Å². The molecule has 5 heteroatoms. The summed E-state index contributed by atoms with van der Waals surface area (Å²) in [6.07, 6.45) is 17.8. The van der Waals surface area contributed by atoms with E-state index in [-0.39, 0.29) is 5.97 Å². The molecule has 0 saturated carbocycles. The van der Waals surface area contributed by atoms with Crippen LogP contribution in [0.5, 0.6) is 5.75 Å². The van der Waals surface area contributed by atoms with Crippen molar-refractivity contribution in [3.05, 3.63) is 42.2 Å². The standard InChI is InChI=1S/C28H42N2O3/c1-4-6-8-10-11-13-15-24-21-29-27(30-22-24)25-16-18-26(19-17-25)33-28(31)23(3)32-20-14-12-9-7-5-2/h16-19,21-23H,4-15,20H2,1-3H3. The molecule has 0 amide bonds. The number of nitrogens with zero attached hydrogens (tertiary/aromatic N) is 2. The van der Waals surface area contributed by atoms with Crippen molar-refractivity contribution in [2.75, 3.05) is 6.61 Å². The van der Waals surface area contributed by atoms with Crippen molar-refractivity contribution >= 4 is 5.97 Å². The highest BCUT2D eigenvalue weighted by Gasteiger charge is 2.16. The highest BCUT2D eigenvalue weighted by Crippen LogP contribution is 2.20. The predicted molar refractivity (Wildman–Crippen MR) is 134 cm³/mol. The minimum Gasteiger partial charge on any atom is -0.425 e. The molecule has 0 aliphatic rings. The van der Waals surface area contributed by atoms with Gasteiger partial charge in [0.1, 0.15) is 5.75 Å². The Morgan fingerprint density at radius 3 is 2.03 bits per heavy atom. The van der Waals surface area contributed by atoms with E-state index < -0.39 is 6.10 Å². The Labute approximate surface area is 200 Å². The van der Waals surface area contributed by atoms with E-state index in [2.05, 4.69) is 23.8 Å². The Hall–Kier alpha value is -2.27. The molecule has 1 aromatic heterocycles. The number of rotatable bonds is 17. The van der Waals surface area contributed by atoms with Crippen molar-refractivity contribution in [2.24, 2.45) is 0 Å². The van der Waals surface area contributed by atoms with Crippen molar-refractivity contribution in [1.29, 1.82) is 0 Å². The molecule has 182 valence electrons. The van der Waals surface area contributed by atoms with Crippen LogP contribution < -0.4 is 4.74 Å². The van der Waals surface area contributed by atoms with Crippen molar-refractivity contribution in [2.45, 2.75) is 104 Å². The molecule has 2 rings (SSSR count). The number of carbonyl (C=O) groups is 1. The molecule has 0 fully saturated rings. The average Bonchev–Trinajstić information content (AvgIpc) is 2.84. The van der Waals surface area contributed by atoms with Gasteiger partial charge < -0.3 is 9.47 Å². The van der Waals surface area contributed by atoms with Gasteiger partial charge in [-0.2, -0.15) is 0 Å². The SMILES string of the molecule is CCCCCCCCc1cnc(-c2ccc(OC(=O)C(C)OCCCCCCC)cc2)nc1. The second-order valence-electron chi connectivity index (χ2n) is 8.81. The zero-order chi connectivity index (χ0) is 23.7. The first-order valence-electron chi connectivity index (χ1n) is 12.9. The molecule has 0 N–H and O–H groups in total. The number of carbonyl (C=O) groups excluding carboxylic acids is 1. The van der Waals surface area contributed by atoms with Gasteiger partial charge in [-0.1, -0.05) is 71.6 Å². The smallest absolute Gasteiger partial charge is 0.340 e. The quantitative estimate of drug-likeness (QED) is 0.142. The molecule has 5 nitrogen and oxygen atoms in total. The van der Waals surface area contributed by atoms with Crippen LogP contribution in [0.2, 0.25) is 0 Å². The van der Waals surface area contributed by atoms with E-state index in [4.69, 9.17) is 9.47 Å². The topological polar surface area (TPSA) is 61.3 Å². The molecule has 33 heavy (non-hydrogen) atoms. The number of aromatic nitrogens is 2. The summed E-state index contributed by atoms with van der Waals surface area (Å²) in [5, 5.41) is 0.